The average Bonchev–Trinajstić information content (AvgIpc) is 2.84. The first kappa shape index (κ1) is 12.4. The molecule has 0 unspecified atom stereocenters. The highest BCUT2D eigenvalue weighted by Crippen LogP contribution is 2.27. The zero-order valence-corrected chi connectivity index (χ0v) is 12.4. The van der Waals surface area contributed by atoms with Crippen LogP contribution >= 0.6 is 12.2 Å². The van der Waals surface area contributed by atoms with E-state index in [9.17, 15) is 0 Å². The molecule has 0 spiro atoms. The van der Waals surface area contributed by atoms with Gasteiger partial charge in [-0.25, -0.2) is 0 Å². The lowest BCUT2D eigenvalue weighted by Gasteiger charge is -2.10. The maximum atomic E-state index is 5.56. The van der Waals surface area contributed by atoms with Crippen LogP contribution in [0, 0.1) is 11.7 Å². The summed E-state index contributed by atoms with van der Waals surface area (Å²) in [4.78, 5) is 3.31. The van der Waals surface area contributed by atoms with E-state index in [-0.39, 0.29) is 0 Å². The lowest BCUT2D eigenvalue weighted by molar-refractivity contribution is 1.07. The van der Waals surface area contributed by atoms with E-state index < -0.39 is 0 Å². The molecular weight excluding hydrogens is 276 g/mol. The van der Waals surface area contributed by atoms with Gasteiger partial charge in [0.05, 0.1) is 16.7 Å². The Morgan fingerprint density at radius 2 is 1.67 bits per heavy atom. The van der Waals surface area contributed by atoms with E-state index >= 15 is 0 Å². The molecule has 102 valence electrons. The van der Waals surface area contributed by atoms with Crippen LogP contribution in [-0.4, -0.2) is 9.55 Å². The van der Waals surface area contributed by atoms with Crippen LogP contribution in [0.3, 0.4) is 0 Å². The van der Waals surface area contributed by atoms with Crippen LogP contribution in [0.15, 0.2) is 60.7 Å². The Bertz CT molecular complexity index is 1020. The van der Waals surface area contributed by atoms with Crippen molar-refractivity contribution in [3.63, 3.8) is 0 Å². The van der Waals surface area contributed by atoms with Crippen LogP contribution in [0.5, 0.6) is 0 Å². The standard InChI is InChI=1S/C18H14N2S/c1-12-6-4-10-15-17(12)20(18(21)19-15)16-11-5-8-13-7-2-3-9-14(13)16/h2-11H,1H3,(H,19,21). The van der Waals surface area contributed by atoms with Crippen LogP contribution < -0.4 is 0 Å². The van der Waals surface area contributed by atoms with E-state index in [1.165, 1.54) is 16.3 Å². The van der Waals surface area contributed by atoms with E-state index in [2.05, 4.69) is 77.1 Å². The van der Waals surface area contributed by atoms with Crippen molar-refractivity contribution in [1.82, 2.24) is 9.55 Å². The van der Waals surface area contributed by atoms with Crippen molar-refractivity contribution in [2.45, 2.75) is 6.92 Å². The number of para-hydroxylation sites is 1. The molecule has 3 aromatic carbocycles. The molecule has 1 N–H and O–H groups in total. The van der Waals surface area contributed by atoms with Gasteiger partial charge in [-0.05, 0) is 42.2 Å². The molecule has 2 nitrogen and oxygen atoms in total. The number of hydrogen-bond acceptors (Lipinski definition) is 1. The Morgan fingerprint density at radius 1 is 0.905 bits per heavy atom. The molecule has 1 heterocycles. The Hall–Kier alpha value is -2.39. The minimum absolute atomic E-state index is 0.732. The van der Waals surface area contributed by atoms with E-state index in [0.717, 1.165) is 21.5 Å². The number of aromatic amines is 1. The van der Waals surface area contributed by atoms with Gasteiger partial charge >= 0.3 is 0 Å². The molecule has 0 aliphatic heterocycles. The number of aromatic nitrogens is 2. The second kappa shape index (κ2) is 4.57. The SMILES string of the molecule is Cc1cccc2[nH]c(=S)n(-c3cccc4ccccc34)c12. The number of aryl methyl sites for hydroxylation is 1. The number of fused-ring (bicyclic) bond motifs is 2. The van der Waals surface area contributed by atoms with E-state index in [0.29, 0.717) is 0 Å². The number of hydrogen-bond donors (Lipinski definition) is 1. The molecule has 0 radical (unpaired) electrons. The average molecular weight is 290 g/mol. The van der Waals surface area contributed by atoms with E-state index in [1.54, 1.807) is 0 Å². The zero-order chi connectivity index (χ0) is 14.4. The van der Waals surface area contributed by atoms with Gasteiger partial charge in [-0.2, -0.15) is 0 Å². The summed E-state index contributed by atoms with van der Waals surface area (Å²) in [6.45, 7) is 2.12. The van der Waals surface area contributed by atoms with Gasteiger partial charge in [0.15, 0.2) is 4.77 Å². The van der Waals surface area contributed by atoms with Crippen molar-refractivity contribution in [3.05, 3.63) is 71.0 Å². The van der Waals surface area contributed by atoms with E-state index in [1.807, 2.05) is 0 Å². The minimum atomic E-state index is 0.732. The lowest BCUT2D eigenvalue weighted by Crippen LogP contribution is -1.96. The fourth-order valence-corrected chi connectivity index (χ4v) is 3.26. The molecule has 0 fully saturated rings. The first-order valence-corrected chi connectivity index (χ1v) is 7.35. The fraction of sp³-hybridized carbons (Fsp3) is 0.0556. The van der Waals surface area contributed by atoms with Crippen LogP contribution in [0.4, 0.5) is 0 Å². The van der Waals surface area contributed by atoms with Crippen molar-refractivity contribution in [2.24, 2.45) is 0 Å². The second-order valence-corrected chi connectivity index (χ2v) is 5.62. The highest BCUT2D eigenvalue weighted by molar-refractivity contribution is 7.71. The zero-order valence-electron chi connectivity index (χ0n) is 11.6. The van der Waals surface area contributed by atoms with Crippen LogP contribution in [0.25, 0.3) is 27.5 Å². The third-order valence-corrected chi connectivity index (χ3v) is 4.20. The number of nitrogens with zero attached hydrogens (tertiary/aromatic N) is 1. The summed E-state index contributed by atoms with van der Waals surface area (Å²) in [5.41, 5.74) is 4.57. The van der Waals surface area contributed by atoms with Crippen LogP contribution in [0.2, 0.25) is 0 Å². The van der Waals surface area contributed by atoms with E-state index in [4.69, 9.17) is 12.2 Å². The summed E-state index contributed by atoms with van der Waals surface area (Å²) in [7, 11) is 0. The first-order chi connectivity index (χ1) is 10.3. The summed E-state index contributed by atoms with van der Waals surface area (Å²) in [6, 6.07) is 21.0. The molecule has 4 aromatic rings. The quantitative estimate of drug-likeness (QED) is 0.481. The van der Waals surface area contributed by atoms with Gasteiger partial charge in [-0.15, -0.1) is 0 Å². The Balaban J connectivity index is 2.20. The smallest absolute Gasteiger partial charge is 0.182 e. The van der Waals surface area contributed by atoms with Crippen LogP contribution in [0.1, 0.15) is 5.56 Å². The summed E-state index contributed by atoms with van der Waals surface area (Å²) in [5, 5.41) is 2.43. The summed E-state index contributed by atoms with van der Waals surface area (Å²) in [6.07, 6.45) is 0. The summed E-state index contributed by atoms with van der Waals surface area (Å²) in [5.74, 6) is 0. The molecule has 0 saturated carbocycles. The van der Waals surface area contributed by atoms with Gasteiger partial charge in [0, 0.05) is 5.39 Å². The number of nitrogens with one attached hydrogen (secondary N) is 1. The van der Waals surface area contributed by atoms with Crippen LogP contribution in [-0.2, 0) is 0 Å². The predicted molar refractivity (Wildman–Crippen MR) is 90.7 cm³/mol. The molecule has 21 heavy (non-hydrogen) atoms. The highest BCUT2D eigenvalue weighted by Gasteiger charge is 2.10. The minimum Gasteiger partial charge on any atom is -0.330 e. The predicted octanol–water partition coefficient (Wildman–Crippen LogP) is 5.15. The molecule has 3 heteroatoms. The third-order valence-electron chi connectivity index (χ3n) is 3.91. The fourth-order valence-electron chi connectivity index (χ4n) is 2.96. The second-order valence-electron chi connectivity index (χ2n) is 5.23. The molecular formula is C18H14N2S. The van der Waals surface area contributed by atoms with Gasteiger partial charge in [0.2, 0.25) is 0 Å². The number of benzene rings is 3. The Labute approximate surface area is 127 Å². The van der Waals surface area contributed by atoms with Crippen molar-refractivity contribution in [1.29, 1.82) is 0 Å². The molecule has 4 rings (SSSR count). The lowest BCUT2D eigenvalue weighted by atomic mass is 10.1. The topological polar surface area (TPSA) is 20.7 Å². The molecule has 0 aliphatic rings. The molecule has 1 aromatic heterocycles. The molecule has 0 amide bonds. The molecule has 0 bridgehead atoms. The molecule has 0 atom stereocenters. The monoisotopic (exact) mass is 290 g/mol. The van der Waals surface area contributed by atoms with Crippen molar-refractivity contribution in [2.75, 3.05) is 0 Å². The Morgan fingerprint density at radius 3 is 2.57 bits per heavy atom. The van der Waals surface area contributed by atoms with Gasteiger partial charge in [0.1, 0.15) is 0 Å². The van der Waals surface area contributed by atoms with Gasteiger partial charge in [-0.3, -0.25) is 4.57 Å². The largest absolute Gasteiger partial charge is 0.330 e. The van der Waals surface area contributed by atoms with Crippen molar-refractivity contribution >= 4 is 34.0 Å². The Kier molecular flexibility index (Phi) is 2.69. The number of imidazole rings is 1. The molecule has 0 saturated heterocycles. The third kappa shape index (κ3) is 1.82. The number of rotatable bonds is 1. The summed E-state index contributed by atoms with van der Waals surface area (Å²) >= 11 is 5.56. The van der Waals surface area contributed by atoms with Gasteiger partial charge in [-0.1, -0.05) is 48.5 Å². The van der Waals surface area contributed by atoms with Gasteiger partial charge < -0.3 is 4.98 Å². The van der Waals surface area contributed by atoms with Crippen molar-refractivity contribution < 1.29 is 0 Å². The first-order valence-electron chi connectivity index (χ1n) is 6.94. The number of H-pyrrole nitrogens is 1. The normalized spacial score (nSPS) is 11.3. The highest BCUT2D eigenvalue weighted by atomic mass is 32.1. The summed E-state index contributed by atoms with van der Waals surface area (Å²) < 4.78 is 2.87. The maximum absolute atomic E-state index is 5.56. The maximum Gasteiger partial charge on any atom is 0.182 e. The van der Waals surface area contributed by atoms with Gasteiger partial charge in [0.25, 0.3) is 0 Å². The van der Waals surface area contributed by atoms with Crippen molar-refractivity contribution in [3.8, 4) is 5.69 Å². The molecule has 0 aliphatic carbocycles.